The number of alkyl halides is 7. The molecule has 0 amide bonds. The van der Waals surface area contributed by atoms with Crippen LogP contribution < -0.4 is 5.32 Å². The Morgan fingerprint density at radius 3 is 2.25 bits per heavy atom. The zero-order valence-electron chi connectivity index (χ0n) is 9.45. The van der Waals surface area contributed by atoms with Crippen LogP contribution in [-0.4, -0.2) is 23.6 Å². The largest absolute Gasteiger partial charge is 0.422 e. The second-order valence-corrected chi connectivity index (χ2v) is 5.46. The highest BCUT2D eigenvalue weighted by atomic mass is 35.5. The minimum Gasteiger partial charge on any atom is -0.362 e. The van der Waals surface area contributed by atoms with Crippen molar-refractivity contribution in [3.63, 3.8) is 0 Å². The fourth-order valence-electron chi connectivity index (χ4n) is 1.09. The van der Waals surface area contributed by atoms with Crippen LogP contribution in [-0.2, 0) is 0 Å². The monoisotopic (exact) mass is 357 g/mol. The van der Waals surface area contributed by atoms with Gasteiger partial charge in [-0.1, -0.05) is 23.2 Å². The smallest absolute Gasteiger partial charge is 0.362 e. The van der Waals surface area contributed by atoms with Crippen molar-refractivity contribution in [1.82, 2.24) is 0 Å². The molecule has 1 nitrogen and oxygen atoms in total. The van der Waals surface area contributed by atoms with Crippen molar-refractivity contribution in [2.24, 2.45) is 0 Å². The second-order valence-electron chi connectivity index (χ2n) is 3.60. The van der Waals surface area contributed by atoms with Crippen molar-refractivity contribution in [3.8, 4) is 0 Å². The summed E-state index contributed by atoms with van der Waals surface area (Å²) in [5, 5.41) is 1.95. The average molecular weight is 358 g/mol. The molecule has 1 N–H and O–H groups in total. The molecule has 0 aromatic heterocycles. The minimum absolute atomic E-state index is 0.0139. The molecule has 0 aliphatic carbocycles. The molecule has 114 valence electrons. The normalized spacial score (nSPS) is 14.2. The fourth-order valence-corrected chi connectivity index (χ4v) is 2.23. The standard InChI is InChI=1S/C10H7Cl2F6NS/c11-6-2-1-5(19-8(12)10(16,17)18)3-7(6)20-4-9(13,14)15/h1-3,8,19H,4H2. The van der Waals surface area contributed by atoms with E-state index in [4.69, 9.17) is 23.2 Å². The third-order valence-electron chi connectivity index (χ3n) is 1.90. The first kappa shape index (κ1) is 17.6. The van der Waals surface area contributed by atoms with E-state index in [0.29, 0.717) is 11.8 Å². The van der Waals surface area contributed by atoms with Crippen molar-refractivity contribution >= 4 is 40.7 Å². The van der Waals surface area contributed by atoms with Crippen LogP contribution in [0.4, 0.5) is 32.0 Å². The minimum atomic E-state index is -4.68. The summed E-state index contributed by atoms with van der Waals surface area (Å²) in [6.45, 7) is 0. The van der Waals surface area contributed by atoms with Crippen LogP contribution in [0.25, 0.3) is 0 Å². The van der Waals surface area contributed by atoms with Gasteiger partial charge in [0.25, 0.3) is 0 Å². The van der Waals surface area contributed by atoms with Crippen LogP contribution in [0, 0.1) is 0 Å². The summed E-state index contributed by atoms with van der Waals surface area (Å²) in [5.74, 6) is -1.19. The third-order valence-corrected chi connectivity index (χ3v) is 3.82. The van der Waals surface area contributed by atoms with E-state index < -0.39 is 23.6 Å². The Balaban J connectivity index is 2.81. The number of halogens is 8. The van der Waals surface area contributed by atoms with E-state index in [0.717, 1.165) is 6.07 Å². The summed E-state index contributed by atoms with van der Waals surface area (Å²) < 4.78 is 73.0. The molecule has 0 aliphatic rings. The molecule has 1 unspecified atom stereocenters. The van der Waals surface area contributed by atoms with Crippen LogP contribution in [0.2, 0.25) is 5.02 Å². The molecule has 1 atom stereocenters. The molecule has 1 aromatic carbocycles. The van der Waals surface area contributed by atoms with Crippen LogP contribution >= 0.6 is 35.0 Å². The van der Waals surface area contributed by atoms with E-state index in [2.05, 4.69) is 0 Å². The molecule has 0 saturated carbocycles. The van der Waals surface area contributed by atoms with Gasteiger partial charge in [-0.3, -0.25) is 0 Å². The summed E-state index contributed by atoms with van der Waals surface area (Å²) in [6.07, 6.45) is -9.08. The molecule has 1 aromatic rings. The van der Waals surface area contributed by atoms with E-state index in [1.54, 1.807) is 0 Å². The van der Waals surface area contributed by atoms with Gasteiger partial charge in [-0.05, 0) is 18.2 Å². The van der Waals surface area contributed by atoms with E-state index >= 15 is 0 Å². The van der Waals surface area contributed by atoms with Crippen LogP contribution in [0.15, 0.2) is 23.1 Å². The first-order chi connectivity index (χ1) is 8.99. The fraction of sp³-hybridized carbons (Fsp3) is 0.400. The molecule has 0 aliphatic heterocycles. The maximum absolute atomic E-state index is 12.2. The van der Waals surface area contributed by atoms with Crippen molar-refractivity contribution < 1.29 is 26.3 Å². The summed E-state index contributed by atoms with van der Waals surface area (Å²) in [6, 6.07) is 3.48. The molecule has 0 fully saturated rings. The predicted octanol–water partition coefficient (Wildman–Crippen LogP) is 5.53. The van der Waals surface area contributed by atoms with Crippen molar-refractivity contribution in [2.45, 2.75) is 22.7 Å². The molecule has 10 heteroatoms. The maximum atomic E-state index is 12.2. The Kier molecular flexibility index (Phi) is 5.74. The molecule has 0 heterocycles. The number of rotatable bonds is 4. The lowest BCUT2D eigenvalue weighted by atomic mass is 10.3. The number of anilines is 1. The summed E-state index contributed by atoms with van der Waals surface area (Å²) in [4.78, 5) is 0.0139. The van der Waals surface area contributed by atoms with Gasteiger partial charge < -0.3 is 5.32 Å². The number of thioether (sulfide) groups is 1. The quantitative estimate of drug-likeness (QED) is 0.329. The third kappa shape index (κ3) is 5.88. The Labute approximate surface area is 124 Å². The molecule has 1 rings (SSSR count). The van der Waals surface area contributed by atoms with Crippen molar-refractivity contribution in [1.29, 1.82) is 0 Å². The van der Waals surface area contributed by atoms with E-state index in [1.165, 1.54) is 12.1 Å². The highest BCUT2D eigenvalue weighted by molar-refractivity contribution is 7.99. The first-order valence-corrected chi connectivity index (χ1v) is 6.75. The molecular weight excluding hydrogens is 351 g/mol. The average Bonchev–Trinajstić information content (AvgIpc) is 2.27. The van der Waals surface area contributed by atoms with Gasteiger partial charge in [0, 0.05) is 10.6 Å². The Morgan fingerprint density at radius 1 is 1.15 bits per heavy atom. The lowest BCUT2D eigenvalue weighted by Crippen LogP contribution is -2.30. The van der Waals surface area contributed by atoms with Gasteiger partial charge in [-0.15, -0.1) is 11.8 Å². The van der Waals surface area contributed by atoms with E-state index in [-0.39, 0.29) is 15.6 Å². The molecule has 0 radical (unpaired) electrons. The second kappa shape index (κ2) is 6.53. The lowest BCUT2D eigenvalue weighted by Gasteiger charge is -2.17. The first-order valence-electron chi connectivity index (χ1n) is 4.95. The van der Waals surface area contributed by atoms with Gasteiger partial charge in [0.15, 0.2) is 5.50 Å². The van der Waals surface area contributed by atoms with Crippen LogP contribution in [0.3, 0.4) is 0 Å². The van der Waals surface area contributed by atoms with Crippen molar-refractivity contribution in [2.75, 3.05) is 11.1 Å². The summed E-state index contributed by atoms with van der Waals surface area (Å²) in [5.41, 5.74) is -2.42. The van der Waals surface area contributed by atoms with Gasteiger partial charge in [0.2, 0.25) is 0 Å². The SMILES string of the molecule is FC(F)(F)CSc1cc(NC(Cl)C(F)(F)F)ccc1Cl. The van der Waals surface area contributed by atoms with Crippen LogP contribution in [0.1, 0.15) is 0 Å². The molecule has 0 spiro atoms. The van der Waals surface area contributed by atoms with E-state index in [1.807, 2.05) is 5.32 Å². The van der Waals surface area contributed by atoms with Gasteiger partial charge in [-0.2, -0.15) is 26.3 Å². The molecule has 20 heavy (non-hydrogen) atoms. The van der Waals surface area contributed by atoms with Gasteiger partial charge in [0.05, 0.1) is 10.8 Å². The predicted molar refractivity (Wildman–Crippen MR) is 67.5 cm³/mol. The maximum Gasteiger partial charge on any atom is 0.422 e. The topological polar surface area (TPSA) is 12.0 Å². The number of hydrogen-bond acceptors (Lipinski definition) is 2. The number of hydrogen-bond donors (Lipinski definition) is 1. The van der Waals surface area contributed by atoms with Crippen molar-refractivity contribution in [3.05, 3.63) is 23.2 Å². The highest BCUT2D eigenvalue weighted by Crippen LogP contribution is 2.35. The zero-order valence-corrected chi connectivity index (χ0v) is 11.8. The van der Waals surface area contributed by atoms with Gasteiger partial charge >= 0.3 is 12.4 Å². The highest BCUT2D eigenvalue weighted by Gasteiger charge is 2.38. The van der Waals surface area contributed by atoms with Gasteiger partial charge in [-0.25, -0.2) is 0 Å². The summed E-state index contributed by atoms with van der Waals surface area (Å²) in [7, 11) is 0. The number of benzene rings is 1. The molecule has 0 saturated heterocycles. The van der Waals surface area contributed by atoms with E-state index in [9.17, 15) is 26.3 Å². The molecular formula is C10H7Cl2F6NS. The summed E-state index contributed by atoms with van der Waals surface area (Å²) >= 11 is 11.1. The number of nitrogens with one attached hydrogen (secondary N) is 1. The Hall–Kier alpha value is -0.470. The lowest BCUT2D eigenvalue weighted by molar-refractivity contribution is -0.125. The van der Waals surface area contributed by atoms with Crippen LogP contribution in [0.5, 0.6) is 0 Å². The Bertz CT molecular complexity index is 462. The molecule has 0 bridgehead atoms. The van der Waals surface area contributed by atoms with Gasteiger partial charge in [0.1, 0.15) is 0 Å². The zero-order chi connectivity index (χ0) is 15.6. The Morgan fingerprint density at radius 2 is 1.75 bits per heavy atom.